The van der Waals surface area contributed by atoms with E-state index in [0.29, 0.717) is 16.8 Å². The lowest BCUT2D eigenvalue weighted by Crippen LogP contribution is -2.23. The summed E-state index contributed by atoms with van der Waals surface area (Å²) in [4.78, 5) is 14.0. The molecule has 0 fully saturated rings. The molecular formula is C29H21NO2. The summed E-state index contributed by atoms with van der Waals surface area (Å²) in [6, 6.07) is 38.4. The molecule has 4 aromatic carbocycles. The van der Waals surface area contributed by atoms with Gasteiger partial charge in [-0.25, -0.2) is 0 Å². The van der Waals surface area contributed by atoms with Crippen LogP contribution in [0.5, 0.6) is 5.75 Å². The highest BCUT2D eigenvalue weighted by Crippen LogP contribution is 2.43. The normalized spacial score (nSPS) is 10.8. The zero-order chi connectivity index (χ0) is 21.9. The van der Waals surface area contributed by atoms with Crippen LogP contribution >= 0.6 is 0 Å². The zero-order valence-corrected chi connectivity index (χ0v) is 17.3. The fourth-order valence-corrected chi connectivity index (χ4v) is 4.10. The molecule has 1 N–H and O–H groups in total. The molecule has 5 rings (SSSR count). The van der Waals surface area contributed by atoms with Crippen LogP contribution in [-0.2, 0) is 0 Å². The predicted molar refractivity (Wildman–Crippen MR) is 130 cm³/mol. The van der Waals surface area contributed by atoms with Crippen LogP contribution in [0.15, 0.2) is 126 Å². The number of hydrogen-bond donors (Lipinski definition) is 1. The van der Waals surface area contributed by atoms with Crippen molar-refractivity contribution in [2.45, 2.75) is 0 Å². The molecule has 5 aromatic rings. The lowest BCUT2D eigenvalue weighted by molar-refractivity contribution is 0.477. The topological polar surface area (TPSA) is 42.2 Å². The van der Waals surface area contributed by atoms with Gasteiger partial charge in [-0.1, -0.05) is 109 Å². The first kappa shape index (κ1) is 19.6. The van der Waals surface area contributed by atoms with Crippen LogP contribution in [0, 0.1) is 0 Å². The van der Waals surface area contributed by atoms with Gasteiger partial charge < -0.3 is 5.11 Å². The molecule has 0 aliphatic carbocycles. The van der Waals surface area contributed by atoms with Crippen LogP contribution in [0.4, 0.5) is 0 Å². The quantitative estimate of drug-likeness (QED) is 0.362. The van der Waals surface area contributed by atoms with Crippen molar-refractivity contribution in [1.29, 1.82) is 0 Å². The van der Waals surface area contributed by atoms with Gasteiger partial charge in [-0.15, -0.1) is 0 Å². The van der Waals surface area contributed by atoms with Crippen molar-refractivity contribution in [2.75, 3.05) is 0 Å². The third-order valence-corrected chi connectivity index (χ3v) is 5.54. The van der Waals surface area contributed by atoms with E-state index in [4.69, 9.17) is 0 Å². The number of aromatic nitrogens is 1. The maximum atomic E-state index is 14.0. The van der Waals surface area contributed by atoms with E-state index in [1.165, 1.54) is 0 Å². The smallest absolute Gasteiger partial charge is 0.267 e. The predicted octanol–water partition coefficient (Wildman–Crippen LogP) is 6.54. The van der Waals surface area contributed by atoms with Crippen LogP contribution < -0.4 is 5.56 Å². The van der Waals surface area contributed by atoms with Crippen LogP contribution in [0.25, 0.3) is 39.2 Å². The summed E-state index contributed by atoms with van der Waals surface area (Å²) in [7, 11) is 0. The molecule has 1 aromatic heterocycles. The first-order chi connectivity index (χ1) is 15.8. The lowest BCUT2D eigenvalue weighted by atomic mass is 9.93. The first-order valence-electron chi connectivity index (χ1n) is 10.5. The number of benzene rings is 4. The Bertz CT molecular complexity index is 1410. The molecule has 0 unspecified atom stereocenters. The van der Waals surface area contributed by atoms with E-state index >= 15 is 0 Å². The standard InChI is InChI=1S/C29H21NO2/c31-28-25(21-13-5-1-6-14-21)27(23-17-9-3-10-18-23)30(24-19-11-4-12-20-24)29(32)26(28)22-15-7-2-8-16-22/h1-20,31H. The van der Waals surface area contributed by atoms with E-state index in [2.05, 4.69) is 0 Å². The van der Waals surface area contributed by atoms with E-state index in [1.54, 1.807) is 4.57 Å². The molecule has 3 nitrogen and oxygen atoms in total. The fourth-order valence-electron chi connectivity index (χ4n) is 4.10. The molecule has 0 bridgehead atoms. The van der Waals surface area contributed by atoms with Gasteiger partial charge in [0.1, 0.15) is 5.75 Å². The molecule has 0 saturated heterocycles. The average Bonchev–Trinajstić information content (AvgIpc) is 2.86. The largest absolute Gasteiger partial charge is 0.506 e. The number of pyridine rings is 1. The average molecular weight is 415 g/mol. The van der Waals surface area contributed by atoms with Crippen LogP contribution in [0.3, 0.4) is 0 Å². The second-order valence-electron chi connectivity index (χ2n) is 7.52. The van der Waals surface area contributed by atoms with Crippen molar-refractivity contribution in [3.63, 3.8) is 0 Å². The van der Waals surface area contributed by atoms with Crippen molar-refractivity contribution in [1.82, 2.24) is 4.57 Å². The molecule has 0 aliphatic heterocycles. The molecule has 3 heteroatoms. The Hall–Kier alpha value is -4.37. The van der Waals surface area contributed by atoms with Crippen LogP contribution in [0.1, 0.15) is 0 Å². The molecule has 1 heterocycles. The first-order valence-corrected chi connectivity index (χ1v) is 10.5. The molecule has 0 saturated carbocycles. The Morgan fingerprint density at radius 3 is 1.41 bits per heavy atom. The maximum Gasteiger partial charge on any atom is 0.267 e. The molecule has 0 aliphatic rings. The fraction of sp³-hybridized carbons (Fsp3) is 0. The Morgan fingerprint density at radius 2 is 0.906 bits per heavy atom. The van der Waals surface area contributed by atoms with E-state index in [9.17, 15) is 9.90 Å². The minimum atomic E-state index is -0.265. The monoisotopic (exact) mass is 415 g/mol. The van der Waals surface area contributed by atoms with E-state index < -0.39 is 0 Å². The van der Waals surface area contributed by atoms with Crippen molar-refractivity contribution < 1.29 is 5.11 Å². The second-order valence-corrected chi connectivity index (χ2v) is 7.52. The molecule has 0 radical (unpaired) electrons. The SMILES string of the molecule is O=c1c(-c2ccccc2)c(O)c(-c2ccccc2)c(-c2ccccc2)n1-c1ccccc1. The molecule has 0 spiro atoms. The minimum Gasteiger partial charge on any atom is -0.506 e. The number of para-hydroxylation sites is 1. The van der Waals surface area contributed by atoms with Gasteiger partial charge in [0.25, 0.3) is 5.56 Å². The van der Waals surface area contributed by atoms with E-state index in [1.807, 2.05) is 121 Å². The van der Waals surface area contributed by atoms with Gasteiger partial charge >= 0.3 is 0 Å². The van der Waals surface area contributed by atoms with Crippen molar-refractivity contribution in [2.24, 2.45) is 0 Å². The number of rotatable bonds is 4. The summed E-state index contributed by atoms with van der Waals surface area (Å²) in [6.45, 7) is 0. The number of aromatic hydroxyl groups is 1. The second kappa shape index (κ2) is 8.40. The molecule has 0 atom stereocenters. The van der Waals surface area contributed by atoms with Crippen LogP contribution in [-0.4, -0.2) is 9.67 Å². The van der Waals surface area contributed by atoms with Gasteiger partial charge in [-0.2, -0.15) is 0 Å². The van der Waals surface area contributed by atoms with Gasteiger partial charge in [-0.05, 0) is 28.8 Å². The van der Waals surface area contributed by atoms with Crippen LogP contribution in [0.2, 0.25) is 0 Å². The summed E-state index contributed by atoms with van der Waals surface area (Å²) in [5.74, 6) is -0.0153. The molecular weight excluding hydrogens is 394 g/mol. The van der Waals surface area contributed by atoms with Gasteiger partial charge in [0, 0.05) is 11.3 Å². The maximum absolute atomic E-state index is 14.0. The zero-order valence-electron chi connectivity index (χ0n) is 17.3. The minimum absolute atomic E-state index is 0.0153. The summed E-state index contributed by atoms with van der Waals surface area (Å²) in [5, 5.41) is 11.6. The summed E-state index contributed by atoms with van der Waals surface area (Å²) < 4.78 is 1.71. The molecule has 0 amide bonds. The highest BCUT2D eigenvalue weighted by Gasteiger charge is 2.25. The van der Waals surface area contributed by atoms with Gasteiger partial charge in [0.05, 0.1) is 11.3 Å². The van der Waals surface area contributed by atoms with Crippen molar-refractivity contribution in [3.05, 3.63) is 132 Å². The summed E-state index contributed by atoms with van der Waals surface area (Å²) in [5.41, 5.74) is 4.41. The Kier molecular flexibility index (Phi) is 5.14. The molecule has 154 valence electrons. The third-order valence-electron chi connectivity index (χ3n) is 5.54. The number of nitrogens with zero attached hydrogens (tertiary/aromatic N) is 1. The highest BCUT2D eigenvalue weighted by atomic mass is 16.3. The highest BCUT2D eigenvalue weighted by molar-refractivity contribution is 5.91. The number of hydrogen-bond acceptors (Lipinski definition) is 2. The van der Waals surface area contributed by atoms with E-state index in [-0.39, 0.29) is 16.9 Å². The Balaban J connectivity index is 2.00. The van der Waals surface area contributed by atoms with Gasteiger partial charge in [-0.3, -0.25) is 9.36 Å². The van der Waals surface area contributed by atoms with Crippen molar-refractivity contribution in [3.8, 4) is 44.9 Å². The van der Waals surface area contributed by atoms with Gasteiger partial charge in [0.2, 0.25) is 0 Å². The summed E-state index contributed by atoms with van der Waals surface area (Å²) in [6.07, 6.45) is 0. The third kappa shape index (κ3) is 3.40. The lowest BCUT2D eigenvalue weighted by Gasteiger charge is -2.22. The molecule has 32 heavy (non-hydrogen) atoms. The van der Waals surface area contributed by atoms with Crippen molar-refractivity contribution >= 4 is 0 Å². The Labute approximate surface area is 186 Å². The van der Waals surface area contributed by atoms with Gasteiger partial charge in [0.15, 0.2) is 0 Å². The van der Waals surface area contributed by atoms with E-state index in [0.717, 1.165) is 16.8 Å². The summed E-state index contributed by atoms with van der Waals surface area (Å²) >= 11 is 0. The Morgan fingerprint density at radius 1 is 0.500 bits per heavy atom.